The minimum atomic E-state index is -0.309. The van der Waals surface area contributed by atoms with Crippen molar-refractivity contribution in [1.29, 1.82) is 0 Å². The maximum atomic E-state index is 13.3. The second-order valence-corrected chi connectivity index (χ2v) is 10.1. The number of likely N-dealkylation sites (N-methyl/N-ethyl adjacent to an activating group) is 1. The molecule has 1 aromatic carbocycles. The molecule has 0 aliphatic carbocycles. The van der Waals surface area contributed by atoms with E-state index in [-0.39, 0.29) is 36.0 Å². The smallest absolute Gasteiger partial charge is 0.257 e. The summed E-state index contributed by atoms with van der Waals surface area (Å²) in [6.07, 6.45) is 6.24. The molecule has 3 aliphatic heterocycles. The van der Waals surface area contributed by atoms with E-state index < -0.39 is 0 Å². The van der Waals surface area contributed by atoms with Crippen molar-refractivity contribution in [3.05, 3.63) is 23.8 Å². The van der Waals surface area contributed by atoms with Gasteiger partial charge in [-0.25, -0.2) is 0 Å². The third kappa shape index (κ3) is 6.76. The van der Waals surface area contributed by atoms with Crippen LogP contribution in [-0.2, 0) is 14.3 Å². The molecule has 1 aromatic rings. The van der Waals surface area contributed by atoms with Crippen molar-refractivity contribution in [2.45, 2.75) is 76.5 Å². The van der Waals surface area contributed by atoms with Gasteiger partial charge in [0.25, 0.3) is 5.91 Å². The summed E-state index contributed by atoms with van der Waals surface area (Å²) in [7, 11) is 1.79. The van der Waals surface area contributed by atoms with Crippen LogP contribution in [0.3, 0.4) is 0 Å². The second-order valence-electron chi connectivity index (χ2n) is 10.1. The summed E-state index contributed by atoms with van der Waals surface area (Å²) >= 11 is 0. The normalized spacial score (nSPS) is 24.6. The van der Waals surface area contributed by atoms with Gasteiger partial charge in [-0.05, 0) is 63.4 Å². The van der Waals surface area contributed by atoms with Gasteiger partial charge in [0, 0.05) is 32.2 Å². The number of amides is 3. The molecule has 0 bridgehead atoms. The largest absolute Gasteiger partial charge is 0.490 e. The van der Waals surface area contributed by atoms with Crippen LogP contribution in [0.25, 0.3) is 0 Å². The SMILES string of the molecule is CCCC(=O)Nc1ccc2c(c1)C(=O)N(C)[C@H]1CC[C@@H](CC(=O)NCCN3CCCCC3)O[C@H]1CO2. The average molecular weight is 501 g/mol. The highest BCUT2D eigenvalue weighted by atomic mass is 16.5. The van der Waals surface area contributed by atoms with Gasteiger partial charge >= 0.3 is 0 Å². The maximum Gasteiger partial charge on any atom is 0.257 e. The molecule has 3 amide bonds. The summed E-state index contributed by atoms with van der Waals surface area (Å²) < 4.78 is 12.3. The van der Waals surface area contributed by atoms with Crippen molar-refractivity contribution in [2.75, 3.05) is 45.2 Å². The molecule has 9 nitrogen and oxygen atoms in total. The first-order valence-corrected chi connectivity index (χ1v) is 13.4. The number of carbonyl (C=O) groups excluding carboxylic acids is 3. The number of nitrogens with zero attached hydrogens (tertiary/aromatic N) is 2. The summed E-state index contributed by atoms with van der Waals surface area (Å²) in [5, 5.41) is 5.89. The van der Waals surface area contributed by atoms with Gasteiger partial charge in [-0.2, -0.15) is 0 Å². The van der Waals surface area contributed by atoms with Crippen LogP contribution >= 0.6 is 0 Å². The molecule has 4 rings (SSSR count). The molecular formula is C27H40N4O5. The van der Waals surface area contributed by atoms with Crippen molar-refractivity contribution < 1.29 is 23.9 Å². The first-order chi connectivity index (χ1) is 17.4. The maximum absolute atomic E-state index is 13.3. The number of anilines is 1. The van der Waals surface area contributed by atoms with E-state index in [2.05, 4.69) is 15.5 Å². The van der Waals surface area contributed by atoms with Gasteiger partial charge in [0.1, 0.15) is 18.5 Å². The molecule has 198 valence electrons. The Bertz CT molecular complexity index is 933. The fourth-order valence-corrected chi connectivity index (χ4v) is 5.37. The number of fused-ring (bicyclic) bond motifs is 2. The van der Waals surface area contributed by atoms with Crippen LogP contribution in [0.5, 0.6) is 5.75 Å². The highest BCUT2D eigenvalue weighted by molar-refractivity contribution is 5.99. The fourth-order valence-electron chi connectivity index (χ4n) is 5.37. The first-order valence-electron chi connectivity index (χ1n) is 13.4. The van der Waals surface area contributed by atoms with Crippen LogP contribution in [0.1, 0.15) is 68.6 Å². The molecular weight excluding hydrogens is 460 g/mol. The third-order valence-corrected chi connectivity index (χ3v) is 7.38. The lowest BCUT2D eigenvalue weighted by atomic mass is 9.94. The Balaban J connectivity index is 1.32. The number of ether oxygens (including phenoxy) is 2. The molecule has 9 heteroatoms. The lowest BCUT2D eigenvalue weighted by Gasteiger charge is -2.42. The van der Waals surface area contributed by atoms with Crippen LogP contribution in [0.2, 0.25) is 0 Å². The standard InChI is InChI=1S/C27H40N4O5/c1-3-7-25(32)29-19-8-11-23-21(16-19)27(34)30(2)22-10-9-20(36-24(22)18-35-23)17-26(33)28-12-15-31-13-5-4-6-14-31/h8,11,16,20,22,24H,3-7,9-10,12-15,17-18H2,1-2H3,(H,28,33)(H,29,32)/t20-,22-,24-/m0/s1. The molecule has 0 radical (unpaired) electrons. The molecule has 0 saturated carbocycles. The van der Waals surface area contributed by atoms with Gasteiger partial charge in [0.2, 0.25) is 11.8 Å². The molecule has 2 fully saturated rings. The molecule has 0 aromatic heterocycles. The lowest BCUT2D eigenvalue weighted by Crippen LogP contribution is -2.54. The van der Waals surface area contributed by atoms with Gasteiger partial charge in [-0.1, -0.05) is 13.3 Å². The summed E-state index contributed by atoms with van der Waals surface area (Å²) in [6.45, 7) is 6.04. The van der Waals surface area contributed by atoms with Crippen LogP contribution in [0.4, 0.5) is 5.69 Å². The predicted octanol–water partition coefficient (Wildman–Crippen LogP) is 2.80. The number of hydrogen-bond donors (Lipinski definition) is 2. The van der Waals surface area contributed by atoms with Crippen molar-refractivity contribution >= 4 is 23.4 Å². The van der Waals surface area contributed by atoms with Crippen molar-refractivity contribution in [3.63, 3.8) is 0 Å². The van der Waals surface area contributed by atoms with Crippen LogP contribution < -0.4 is 15.4 Å². The Labute approximate surface area is 213 Å². The summed E-state index contributed by atoms with van der Waals surface area (Å²) in [5.41, 5.74) is 1.02. The van der Waals surface area contributed by atoms with Crippen molar-refractivity contribution in [1.82, 2.24) is 15.1 Å². The molecule has 2 N–H and O–H groups in total. The topological polar surface area (TPSA) is 100 Å². The summed E-state index contributed by atoms with van der Waals surface area (Å²) in [5.74, 6) is 0.241. The van der Waals surface area contributed by atoms with Crippen LogP contribution in [0.15, 0.2) is 18.2 Å². The van der Waals surface area contributed by atoms with Crippen LogP contribution in [0, 0.1) is 0 Å². The molecule has 0 spiro atoms. The second kappa shape index (κ2) is 12.5. The zero-order valence-electron chi connectivity index (χ0n) is 21.6. The number of nitrogens with one attached hydrogen (secondary N) is 2. The Morgan fingerprint density at radius 3 is 2.69 bits per heavy atom. The fraction of sp³-hybridized carbons (Fsp3) is 0.667. The van der Waals surface area contributed by atoms with Gasteiger partial charge in [-0.15, -0.1) is 0 Å². The van der Waals surface area contributed by atoms with Crippen molar-refractivity contribution in [2.24, 2.45) is 0 Å². The number of benzene rings is 1. The van der Waals surface area contributed by atoms with E-state index in [0.29, 0.717) is 49.4 Å². The molecule has 36 heavy (non-hydrogen) atoms. The van der Waals surface area contributed by atoms with E-state index in [9.17, 15) is 14.4 Å². The van der Waals surface area contributed by atoms with E-state index in [1.165, 1.54) is 19.3 Å². The van der Waals surface area contributed by atoms with Gasteiger partial charge in [0.05, 0.1) is 24.1 Å². The van der Waals surface area contributed by atoms with Crippen LogP contribution in [-0.4, -0.2) is 85.6 Å². The van der Waals surface area contributed by atoms with E-state index in [0.717, 1.165) is 32.5 Å². The zero-order valence-corrected chi connectivity index (χ0v) is 21.6. The minimum Gasteiger partial charge on any atom is -0.490 e. The highest BCUT2D eigenvalue weighted by Crippen LogP contribution is 2.32. The Morgan fingerprint density at radius 1 is 1.11 bits per heavy atom. The monoisotopic (exact) mass is 500 g/mol. The van der Waals surface area contributed by atoms with Gasteiger partial charge < -0.3 is 29.9 Å². The number of hydrogen-bond acceptors (Lipinski definition) is 6. The van der Waals surface area contributed by atoms with E-state index >= 15 is 0 Å². The van der Waals surface area contributed by atoms with Crippen molar-refractivity contribution in [3.8, 4) is 5.75 Å². The first kappa shape index (κ1) is 26.4. The Morgan fingerprint density at radius 2 is 1.92 bits per heavy atom. The predicted molar refractivity (Wildman–Crippen MR) is 137 cm³/mol. The molecule has 3 atom stereocenters. The Hall–Kier alpha value is -2.65. The number of likely N-dealkylation sites (tertiary alicyclic amines) is 1. The van der Waals surface area contributed by atoms with E-state index in [4.69, 9.17) is 9.47 Å². The van der Waals surface area contributed by atoms with E-state index in [1.807, 2.05) is 6.92 Å². The highest BCUT2D eigenvalue weighted by Gasteiger charge is 2.39. The average Bonchev–Trinajstić information content (AvgIpc) is 2.87. The number of carbonyl (C=O) groups is 3. The minimum absolute atomic E-state index is 0.00893. The van der Waals surface area contributed by atoms with Gasteiger partial charge in [-0.3, -0.25) is 14.4 Å². The molecule has 0 unspecified atom stereocenters. The zero-order chi connectivity index (χ0) is 25.5. The lowest BCUT2D eigenvalue weighted by molar-refractivity contribution is -0.134. The van der Waals surface area contributed by atoms with Gasteiger partial charge in [0.15, 0.2) is 0 Å². The Kier molecular flexibility index (Phi) is 9.20. The third-order valence-electron chi connectivity index (χ3n) is 7.38. The quantitative estimate of drug-likeness (QED) is 0.569. The molecule has 3 heterocycles. The number of rotatable bonds is 8. The number of piperidine rings is 1. The summed E-state index contributed by atoms with van der Waals surface area (Å²) in [4.78, 5) is 42.0. The summed E-state index contributed by atoms with van der Waals surface area (Å²) in [6, 6.07) is 5.02. The molecule has 2 saturated heterocycles. The van der Waals surface area contributed by atoms with E-state index in [1.54, 1.807) is 30.1 Å². The molecule has 3 aliphatic rings.